The fourth-order valence-corrected chi connectivity index (χ4v) is 3.86. The third-order valence-electron chi connectivity index (χ3n) is 5.57. The molecule has 0 saturated carbocycles. The van der Waals surface area contributed by atoms with Crippen molar-refractivity contribution in [3.63, 3.8) is 0 Å². The Morgan fingerprint density at radius 3 is 2.49 bits per heavy atom. The minimum Gasteiger partial charge on any atom is -0.484 e. The van der Waals surface area contributed by atoms with Crippen LogP contribution in [0.4, 0.5) is 0 Å². The number of para-hydroxylation sites is 2. The van der Waals surface area contributed by atoms with Gasteiger partial charge >= 0.3 is 0 Å². The number of halogens is 1. The molecule has 0 atom stereocenters. The fourth-order valence-electron chi connectivity index (χ4n) is 3.74. The fraction of sp³-hybridized carbons (Fsp3) is 0.222. The molecule has 0 radical (unpaired) electrons. The molecule has 4 aromatic rings. The van der Waals surface area contributed by atoms with Crippen molar-refractivity contribution in [2.45, 2.75) is 19.5 Å². The Bertz CT molecular complexity index is 1290. The van der Waals surface area contributed by atoms with Gasteiger partial charge in [-0.25, -0.2) is 4.98 Å². The lowest BCUT2D eigenvalue weighted by molar-refractivity contribution is -0.131. The van der Waals surface area contributed by atoms with Crippen LogP contribution in [-0.2, 0) is 29.1 Å². The number of amides is 2. The number of benzene rings is 3. The molecule has 0 aliphatic carbocycles. The summed E-state index contributed by atoms with van der Waals surface area (Å²) >= 11 is 5.86. The van der Waals surface area contributed by atoms with E-state index in [2.05, 4.69) is 5.32 Å². The van der Waals surface area contributed by atoms with Crippen molar-refractivity contribution >= 4 is 34.4 Å². The quantitative estimate of drug-likeness (QED) is 0.363. The standard InChI is InChI=1S/C27H27ClN4O3/c1-31(17-20-7-3-2-4-8-20)27(34)18-32-24-10-6-5-9-23(24)30-25(32)15-16-29-26(33)19-35-22-13-11-21(28)12-14-22/h2-14H,15-19H2,1H3,(H,29,33). The molecule has 2 amide bonds. The molecule has 8 heteroatoms. The van der Waals surface area contributed by atoms with Crippen LogP contribution in [0.1, 0.15) is 11.4 Å². The monoisotopic (exact) mass is 490 g/mol. The lowest BCUT2D eigenvalue weighted by atomic mass is 10.2. The number of hydrogen-bond donors (Lipinski definition) is 1. The van der Waals surface area contributed by atoms with Crippen LogP contribution in [0.15, 0.2) is 78.9 Å². The molecule has 0 aliphatic heterocycles. The molecule has 180 valence electrons. The number of nitrogens with zero attached hydrogens (tertiary/aromatic N) is 3. The van der Waals surface area contributed by atoms with Gasteiger partial charge in [-0.05, 0) is 42.0 Å². The van der Waals surface area contributed by atoms with Gasteiger partial charge in [0.2, 0.25) is 5.91 Å². The van der Waals surface area contributed by atoms with Crippen molar-refractivity contribution in [3.05, 3.63) is 95.3 Å². The topological polar surface area (TPSA) is 76.5 Å². The van der Waals surface area contributed by atoms with Gasteiger partial charge in [0.25, 0.3) is 5.91 Å². The van der Waals surface area contributed by atoms with Crippen LogP contribution >= 0.6 is 11.6 Å². The minimum atomic E-state index is -0.235. The van der Waals surface area contributed by atoms with Gasteiger partial charge in [-0.1, -0.05) is 54.1 Å². The zero-order chi connectivity index (χ0) is 24.6. The van der Waals surface area contributed by atoms with E-state index in [1.807, 2.05) is 59.2 Å². The molecule has 4 rings (SSSR count). The molecule has 3 aromatic carbocycles. The van der Waals surface area contributed by atoms with Crippen LogP contribution in [0.2, 0.25) is 5.02 Å². The molecular weight excluding hydrogens is 464 g/mol. The molecule has 0 aliphatic rings. The first-order valence-electron chi connectivity index (χ1n) is 11.4. The predicted molar refractivity (Wildman–Crippen MR) is 136 cm³/mol. The zero-order valence-corrected chi connectivity index (χ0v) is 20.2. The second kappa shape index (κ2) is 11.5. The van der Waals surface area contributed by atoms with Crippen LogP contribution in [0.5, 0.6) is 5.75 Å². The van der Waals surface area contributed by atoms with E-state index in [1.165, 1.54) is 0 Å². The molecule has 0 bridgehead atoms. The number of fused-ring (bicyclic) bond motifs is 1. The highest BCUT2D eigenvalue weighted by atomic mass is 35.5. The summed E-state index contributed by atoms with van der Waals surface area (Å²) in [6.07, 6.45) is 0.483. The van der Waals surface area contributed by atoms with Crippen LogP contribution in [0, 0.1) is 0 Å². The van der Waals surface area contributed by atoms with Crippen molar-refractivity contribution < 1.29 is 14.3 Å². The van der Waals surface area contributed by atoms with E-state index >= 15 is 0 Å². The van der Waals surface area contributed by atoms with Gasteiger partial charge in [0.1, 0.15) is 18.1 Å². The summed E-state index contributed by atoms with van der Waals surface area (Å²) in [4.78, 5) is 31.7. The van der Waals surface area contributed by atoms with E-state index in [4.69, 9.17) is 21.3 Å². The summed E-state index contributed by atoms with van der Waals surface area (Å²) in [5.41, 5.74) is 2.78. The summed E-state index contributed by atoms with van der Waals surface area (Å²) in [5, 5.41) is 3.46. The second-order valence-corrected chi connectivity index (χ2v) is 8.62. The normalized spacial score (nSPS) is 10.8. The number of carbonyl (C=O) groups is 2. The number of imidazole rings is 1. The number of carbonyl (C=O) groups excluding carboxylic acids is 2. The van der Waals surface area contributed by atoms with E-state index in [0.717, 1.165) is 22.4 Å². The molecule has 0 unspecified atom stereocenters. The summed E-state index contributed by atoms with van der Waals surface area (Å²) in [5.74, 6) is 1.07. The number of hydrogen-bond acceptors (Lipinski definition) is 4. The van der Waals surface area contributed by atoms with Crippen LogP contribution in [0.3, 0.4) is 0 Å². The summed E-state index contributed by atoms with van der Waals surface area (Å²) in [6, 6.07) is 24.4. The molecule has 1 aromatic heterocycles. The Kier molecular flexibility index (Phi) is 8.00. The van der Waals surface area contributed by atoms with Gasteiger partial charge < -0.3 is 19.5 Å². The maximum Gasteiger partial charge on any atom is 0.257 e. The SMILES string of the molecule is CN(Cc1ccccc1)C(=O)Cn1c(CCNC(=O)COc2ccc(Cl)cc2)nc2ccccc21. The third kappa shape index (κ3) is 6.61. The van der Waals surface area contributed by atoms with Gasteiger partial charge in [0.05, 0.1) is 11.0 Å². The Hall–Kier alpha value is -3.84. The van der Waals surface area contributed by atoms with E-state index in [-0.39, 0.29) is 25.0 Å². The van der Waals surface area contributed by atoms with Gasteiger partial charge in [0, 0.05) is 31.6 Å². The summed E-state index contributed by atoms with van der Waals surface area (Å²) in [6.45, 7) is 0.985. The Labute approximate surface area is 209 Å². The first kappa shape index (κ1) is 24.3. The second-order valence-electron chi connectivity index (χ2n) is 8.18. The van der Waals surface area contributed by atoms with Crippen LogP contribution in [0.25, 0.3) is 11.0 Å². The molecular formula is C27H27ClN4O3. The van der Waals surface area contributed by atoms with Gasteiger partial charge in [0.15, 0.2) is 6.61 Å². The zero-order valence-electron chi connectivity index (χ0n) is 19.5. The average Bonchev–Trinajstić information content (AvgIpc) is 3.21. The van der Waals surface area contributed by atoms with Crippen molar-refractivity contribution in [2.24, 2.45) is 0 Å². The number of ether oxygens (including phenoxy) is 1. The van der Waals surface area contributed by atoms with Crippen molar-refractivity contribution in [2.75, 3.05) is 20.2 Å². The van der Waals surface area contributed by atoms with E-state index < -0.39 is 0 Å². The lowest BCUT2D eigenvalue weighted by Gasteiger charge is -2.19. The average molecular weight is 491 g/mol. The number of nitrogens with one attached hydrogen (secondary N) is 1. The largest absolute Gasteiger partial charge is 0.484 e. The van der Waals surface area contributed by atoms with Gasteiger partial charge in [-0.2, -0.15) is 0 Å². The molecule has 0 spiro atoms. The molecule has 7 nitrogen and oxygen atoms in total. The summed E-state index contributed by atoms with van der Waals surface area (Å²) < 4.78 is 7.41. The highest BCUT2D eigenvalue weighted by Crippen LogP contribution is 2.18. The van der Waals surface area contributed by atoms with Crippen LogP contribution < -0.4 is 10.1 Å². The molecule has 0 saturated heterocycles. The lowest BCUT2D eigenvalue weighted by Crippen LogP contribution is -2.32. The minimum absolute atomic E-state index is 0.0151. The molecule has 35 heavy (non-hydrogen) atoms. The van der Waals surface area contributed by atoms with Crippen LogP contribution in [-0.4, -0.2) is 46.5 Å². The molecule has 1 N–H and O–H groups in total. The van der Waals surface area contributed by atoms with E-state index in [0.29, 0.717) is 30.3 Å². The van der Waals surface area contributed by atoms with Gasteiger partial charge in [-0.15, -0.1) is 0 Å². The van der Waals surface area contributed by atoms with Crippen molar-refractivity contribution in [1.29, 1.82) is 0 Å². The first-order chi connectivity index (χ1) is 17.0. The Morgan fingerprint density at radius 1 is 1.00 bits per heavy atom. The molecule has 0 fully saturated rings. The Morgan fingerprint density at radius 2 is 1.71 bits per heavy atom. The maximum absolute atomic E-state index is 13.0. The van der Waals surface area contributed by atoms with E-state index in [9.17, 15) is 9.59 Å². The first-order valence-corrected chi connectivity index (χ1v) is 11.7. The highest BCUT2D eigenvalue weighted by molar-refractivity contribution is 6.30. The van der Waals surface area contributed by atoms with Gasteiger partial charge in [-0.3, -0.25) is 9.59 Å². The van der Waals surface area contributed by atoms with Crippen molar-refractivity contribution in [3.8, 4) is 5.75 Å². The van der Waals surface area contributed by atoms with Crippen molar-refractivity contribution in [1.82, 2.24) is 19.8 Å². The predicted octanol–water partition coefficient (Wildman–Crippen LogP) is 4.09. The number of likely N-dealkylation sites (N-methyl/N-ethyl adjacent to an activating group) is 1. The third-order valence-corrected chi connectivity index (χ3v) is 5.82. The molecule has 1 heterocycles. The maximum atomic E-state index is 13.0. The number of aromatic nitrogens is 2. The summed E-state index contributed by atoms with van der Waals surface area (Å²) in [7, 11) is 1.80. The van der Waals surface area contributed by atoms with E-state index in [1.54, 1.807) is 36.2 Å². The highest BCUT2D eigenvalue weighted by Gasteiger charge is 2.16. The number of rotatable bonds is 10. The smallest absolute Gasteiger partial charge is 0.257 e. The Balaban J connectivity index is 1.36.